The van der Waals surface area contributed by atoms with Gasteiger partial charge in [0.25, 0.3) is 10.9 Å². The molecule has 218 valence electrons. The molecule has 1 unspecified atom stereocenters. The summed E-state index contributed by atoms with van der Waals surface area (Å²) in [5.41, 5.74) is 1.57. The molecule has 5 rings (SSSR count). The minimum Gasteiger partial charge on any atom is -0.478 e. The lowest BCUT2D eigenvalue weighted by Crippen LogP contribution is -2.39. The zero-order valence-electron chi connectivity index (χ0n) is 24.0. The van der Waals surface area contributed by atoms with Crippen LogP contribution < -0.4 is 21.5 Å². The summed E-state index contributed by atoms with van der Waals surface area (Å²) in [5, 5.41) is 16.3. The summed E-state index contributed by atoms with van der Waals surface area (Å²) in [6, 6.07) is 14.1. The van der Waals surface area contributed by atoms with Crippen LogP contribution in [0.5, 0.6) is 0 Å². The number of carboxylic acid groups (broad SMARTS) is 1. The summed E-state index contributed by atoms with van der Waals surface area (Å²) in [6.07, 6.45) is 2.02. The molecule has 2 atom stereocenters. The number of carboxylic acids is 1. The smallest absolute Gasteiger partial charge is 0.335 e. The number of rotatable bonds is 8. The fraction of sp³-hybridized carbons (Fsp3) is 0.333. The quantitative estimate of drug-likeness (QED) is 0.143. The van der Waals surface area contributed by atoms with E-state index in [9.17, 15) is 24.3 Å². The van der Waals surface area contributed by atoms with Crippen molar-refractivity contribution in [1.29, 1.82) is 0 Å². The van der Waals surface area contributed by atoms with Crippen LogP contribution in [-0.4, -0.2) is 16.9 Å². The number of fused-ring (bicyclic) bond motifs is 1. The molecule has 1 heterocycles. The van der Waals surface area contributed by atoms with Crippen molar-refractivity contribution >= 4 is 51.8 Å². The average Bonchev–Trinajstić information content (AvgIpc) is 3.29. The molecular weight excluding hydrogens is 572 g/mol. The Kier molecular flexibility index (Phi) is 8.14. The van der Waals surface area contributed by atoms with E-state index >= 15 is 0 Å². The van der Waals surface area contributed by atoms with E-state index in [0.717, 1.165) is 15.3 Å². The molecule has 0 bridgehead atoms. The zero-order valence-corrected chi connectivity index (χ0v) is 25.5. The van der Waals surface area contributed by atoms with Crippen LogP contribution in [0.3, 0.4) is 0 Å². The average molecular weight is 605 g/mol. The van der Waals surface area contributed by atoms with E-state index in [1.165, 1.54) is 0 Å². The van der Waals surface area contributed by atoms with Gasteiger partial charge in [0.2, 0.25) is 0 Å². The van der Waals surface area contributed by atoms with Crippen LogP contribution in [0.4, 0.5) is 17.1 Å². The summed E-state index contributed by atoms with van der Waals surface area (Å²) in [6.45, 7) is 8.25. The zero-order chi connectivity index (χ0) is 30.3. The molecule has 1 aromatic heterocycles. The van der Waals surface area contributed by atoms with E-state index < -0.39 is 16.8 Å². The minimum absolute atomic E-state index is 0.0668. The molecule has 0 aliphatic heterocycles. The van der Waals surface area contributed by atoms with Gasteiger partial charge >= 0.3 is 5.97 Å². The van der Waals surface area contributed by atoms with Gasteiger partial charge in [-0.2, -0.15) is 0 Å². The number of halogens is 1. The highest BCUT2D eigenvalue weighted by Crippen LogP contribution is 2.41. The maximum atomic E-state index is 13.5. The van der Waals surface area contributed by atoms with Gasteiger partial charge < -0.3 is 15.7 Å². The molecule has 1 aliphatic rings. The highest BCUT2D eigenvalue weighted by atomic mass is 35.5. The van der Waals surface area contributed by atoms with Gasteiger partial charge in [-0.05, 0) is 85.0 Å². The lowest BCUT2D eigenvalue weighted by Gasteiger charge is -2.32. The van der Waals surface area contributed by atoms with E-state index in [-0.39, 0.29) is 46.5 Å². The fourth-order valence-electron chi connectivity index (χ4n) is 5.69. The molecule has 4 aromatic rings. The maximum absolute atomic E-state index is 13.5. The van der Waals surface area contributed by atoms with Gasteiger partial charge in [0.05, 0.1) is 11.6 Å². The van der Waals surface area contributed by atoms with Gasteiger partial charge in [-0.25, -0.2) is 4.79 Å². The number of Topliss-reactive ketones (excluding diaryl/α,β-unsaturated/α-hetero) is 1. The normalized spacial score (nSPS) is 16.1. The van der Waals surface area contributed by atoms with Crippen LogP contribution in [0.15, 0.2) is 58.1 Å². The second-order valence-electron chi connectivity index (χ2n) is 12.1. The molecule has 0 spiro atoms. The third-order valence-electron chi connectivity index (χ3n) is 7.88. The fourth-order valence-corrected chi connectivity index (χ4v) is 7.09. The molecule has 3 aromatic carbocycles. The van der Waals surface area contributed by atoms with Crippen LogP contribution >= 0.6 is 22.9 Å². The highest BCUT2D eigenvalue weighted by Gasteiger charge is 2.33. The number of anilines is 3. The Morgan fingerprint density at radius 1 is 1.07 bits per heavy atom. The molecule has 0 amide bonds. The van der Waals surface area contributed by atoms with Crippen molar-refractivity contribution in [2.45, 2.75) is 59.4 Å². The molecule has 7 nitrogen and oxygen atoms in total. The van der Waals surface area contributed by atoms with Crippen molar-refractivity contribution in [3.8, 4) is 0 Å². The topological polar surface area (TPSA) is 113 Å². The molecule has 1 aliphatic carbocycles. The van der Waals surface area contributed by atoms with Crippen molar-refractivity contribution in [2.75, 3.05) is 10.6 Å². The number of hydrogen-bond donors (Lipinski definition) is 3. The molecule has 0 saturated carbocycles. The molecular formula is C33H33ClN2O5S. The molecule has 0 radical (unpaired) electrons. The summed E-state index contributed by atoms with van der Waals surface area (Å²) < 4.78 is 0. The monoisotopic (exact) mass is 604 g/mol. The predicted octanol–water partition coefficient (Wildman–Crippen LogP) is 7.32. The van der Waals surface area contributed by atoms with Crippen molar-refractivity contribution in [1.82, 2.24) is 0 Å². The van der Waals surface area contributed by atoms with Crippen LogP contribution in [0, 0.1) is 18.3 Å². The number of thiophene rings is 1. The Hall–Kier alpha value is -3.75. The van der Waals surface area contributed by atoms with E-state index in [0.29, 0.717) is 41.1 Å². The third-order valence-corrected chi connectivity index (χ3v) is 9.30. The number of benzene rings is 2. The number of carbonyl (C=O) groups is 2. The van der Waals surface area contributed by atoms with Crippen LogP contribution in [0.2, 0.25) is 5.02 Å². The van der Waals surface area contributed by atoms with Gasteiger partial charge in [0.1, 0.15) is 11.4 Å². The van der Waals surface area contributed by atoms with Gasteiger partial charge in [-0.1, -0.05) is 44.5 Å². The minimum atomic E-state index is -0.983. The lowest BCUT2D eigenvalue weighted by molar-refractivity contribution is 0.0696. The third kappa shape index (κ3) is 5.92. The van der Waals surface area contributed by atoms with E-state index in [4.69, 9.17) is 11.6 Å². The molecule has 0 fully saturated rings. The number of aryl methyl sites for hydroxylation is 1. The standard InChI is InChI=1S/C33H33ClN2O5S/c1-17-8-13-25(42-17)31(33(2,3)4)36-28-27(29(38)30(28)39)35-23-11-10-22(34)21-16-19(9-12-24(37)26(21)23)14-18-6-5-7-20(15-18)32(40)41/h5-8,10-11,13,15,19,31,35-36H,9,12,14,16H2,1-4H3,(H,40,41)/t19?,31-/m0/s1. The molecule has 0 saturated heterocycles. The van der Waals surface area contributed by atoms with Gasteiger partial charge in [-0.3, -0.25) is 14.4 Å². The lowest BCUT2D eigenvalue weighted by atomic mass is 9.85. The van der Waals surface area contributed by atoms with Crippen LogP contribution in [-0.2, 0) is 12.8 Å². The van der Waals surface area contributed by atoms with Gasteiger partial charge in [-0.15, -0.1) is 11.3 Å². The first-order valence-corrected chi connectivity index (χ1v) is 15.1. The van der Waals surface area contributed by atoms with Gasteiger partial charge in [0.15, 0.2) is 5.78 Å². The van der Waals surface area contributed by atoms with Crippen LogP contribution in [0.1, 0.15) is 81.3 Å². The summed E-state index contributed by atoms with van der Waals surface area (Å²) in [5.74, 6) is -1.01. The first kappa shape index (κ1) is 29.7. The Balaban J connectivity index is 1.45. The summed E-state index contributed by atoms with van der Waals surface area (Å²) >= 11 is 8.28. The van der Waals surface area contributed by atoms with Gasteiger partial charge in [0, 0.05) is 32.4 Å². The largest absolute Gasteiger partial charge is 0.478 e. The second-order valence-corrected chi connectivity index (χ2v) is 13.8. The molecule has 3 N–H and O–H groups in total. The Morgan fingerprint density at radius 3 is 2.48 bits per heavy atom. The first-order chi connectivity index (χ1) is 19.8. The summed E-state index contributed by atoms with van der Waals surface area (Å²) in [4.78, 5) is 52.7. The maximum Gasteiger partial charge on any atom is 0.335 e. The second kappa shape index (κ2) is 11.5. The highest BCUT2D eigenvalue weighted by molar-refractivity contribution is 7.12. The van der Waals surface area contributed by atoms with Crippen molar-refractivity contribution in [3.05, 3.63) is 106 Å². The number of carbonyl (C=O) groups excluding carboxylic acids is 1. The Morgan fingerprint density at radius 2 is 1.81 bits per heavy atom. The number of nitrogens with one attached hydrogen (secondary N) is 2. The van der Waals surface area contributed by atoms with Crippen LogP contribution in [0.25, 0.3) is 0 Å². The first-order valence-electron chi connectivity index (χ1n) is 13.9. The van der Waals surface area contributed by atoms with E-state index in [1.807, 2.05) is 25.1 Å². The Bertz CT molecular complexity index is 1760. The van der Waals surface area contributed by atoms with Crippen molar-refractivity contribution in [3.63, 3.8) is 0 Å². The van der Waals surface area contributed by atoms with E-state index in [2.05, 4.69) is 31.4 Å². The molecule has 42 heavy (non-hydrogen) atoms. The van der Waals surface area contributed by atoms with E-state index in [1.54, 1.807) is 41.7 Å². The number of aromatic carboxylic acids is 1. The Labute approximate surface area is 253 Å². The number of ketones is 1. The molecule has 9 heteroatoms. The van der Waals surface area contributed by atoms with Crippen molar-refractivity contribution < 1.29 is 14.7 Å². The predicted molar refractivity (Wildman–Crippen MR) is 169 cm³/mol. The SMILES string of the molecule is Cc1ccc([C@H](Nc2c(Nc3ccc(Cl)c4c3C(=O)CCC(Cc3cccc(C(=O)O)c3)C4)c(=O)c2=O)C(C)(C)C)s1. The van der Waals surface area contributed by atoms with Crippen molar-refractivity contribution in [2.24, 2.45) is 11.3 Å². The summed E-state index contributed by atoms with van der Waals surface area (Å²) in [7, 11) is 0. The number of hydrogen-bond acceptors (Lipinski definition) is 7.